The Morgan fingerprint density at radius 1 is 1.07 bits per heavy atom. The summed E-state index contributed by atoms with van der Waals surface area (Å²) in [5.41, 5.74) is 3.27. The molecule has 1 N–H and O–H groups in total. The molecule has 0 aliphatic heterocycles. The zero-order valence-corrected chi connectivity index (χ0v) is 19.3. The quantitative estimate of drug-likeness (QED) is 0.577. The van der Waals surface area contributed by atoms with Gasteiger partial charge in [-0.1, -0.05) is 36.0 Å². The van der Waals surface area contributed by atoms with E-state index in [1.54, 1.807) is 12.1 Å². The van der Waals surface area contributed by atoms with E-state index in [1.165, 1.54) is 31.9 Å². The first kappa shape index (κ1) is 22.3. The number of anilines is 1. The lowest BCUT2D eigenvalue weighted by Gasteiger charge is -2.16. The number of hydrogen-bond donors (Lipinski definition) is 1. The number of aryl methyl sites for hydroxylation is 2. The van der Waals surface area contributed by atoms with Gasteiger partial charge in [0.25, 0.3) is 0 Å². The van der Waals surface area contributed by atoms with E-state index in [0.29, 0.717) is 5.69 Å². The standard InChI is InChI=1S/C22H25N3O3S2/c1-14-10-11-17(30(27,28)25(4)5)13-20(14)24-22(26)16(3)29-21-12-15(2)18-8-6-7-9-19(18)23-21/h6-13,16H,1-5H3,(H,24,26). The van der Waals surface area contributed by atoms with Gasteiger partial charge in [-0.2, -0.15) is 0 Å². The van der Waals surface area contributed by atoms with Crippen molar-refractivity contribution in [3.63, 3.8) is 0 Å². The fourth-order valence-corrected chi connectivity index (χ4v) is 4.81. The monoisotopic (exact) mass is 443 g/mol. The van der Waals surface area contributed by atoms with Gasteiger partial charge in [0.1, 0.15) is 0 Å². The number of pyridine rings is 1. The third-order valence-corrected chi connectivity index (χ3v) is 7.64. The van der Waals surface area contributed by atoms with Crippen molar-refractivity contribution in [1.82, 2.24) is 9.29 Å². The number of thioether (sulfide) groups is 1. The second kappa shape index (κ2) is 8.75. The lowest BCUT2D eigenvalue weighted by Crippen LogP contribution is -2.24. The van der Waals surface area contributed by atoms with Crippen molar-refractivity contribution in [2.75, 3.05) is 19.4 Å². The first-order valence-corrected chi connectivity index (χ1v) is 11.8. The van der Waals surface area contributed by atoms with E-state index >= 15 is 0 Å². The summed E-state index contributed by atoms with van der Waals surface area (Å²) in [6.45, 7) is 5.66. The highest BCUT2D eigenvalue weighted by Gasteiger charge is 2.21. The van der Waals surface area contributed by atoms with E-state index in [-0.39, 0.29) is 10.8 Å². The van der Waals surface area contributed by atoms with E-state index in [4.69, 9.17) is 0 Å². The van der Waals surface area contributed by atoms with E-state index in [2.05, 4.69) is 10.3 Å². The summed E-state index contributed by atoms with van der Waals surface area (Å²) < 4.78 is 25.9. The Balaban J connectivity index is 1.79. The van der Waals surface area contributed by atoms with Gasteiger partial charge in [-0.3, -0.25) is 4.79 Å². The summed E-state index contributed by atoms with van der Waals surface area (Å²) in [7, 11) is -0.626. The molecule has 0 aliphatic carbocycles. The number of hydrogen-bond acceptors (Lipinski definition) is 5. The van der Waals surface area contributed by atoms with Crippen LogP contribution in [0.3, 0.4) is 0 Å². The number of amides is 1. The molecule has 0 fully saturated rings. The van der Waals surface area contributed by atoms with Crippen molar-refractivity contribution < 1.29 is 13.2 Å². The number of nitrogens with one attached hydrogen (secondary N) is 1. The minimum Gasteiger partial charge on any atom is -0.325 e. The number of benzene rings is 2. The highest BCUT2D eigenvalue weighted by molar-refractivity contribution is 8.00. The third-order valence-electron chi connectivity index (χ3n) is 4.81. The highest BCUT2D eigenvalue weighted by atomic mass is 32.2. The number of carbonyl (C=O) groups is 1. The first-order chi connectivity index (χ1) is 14.1. The molecule has 3 aromatic rings. The van der Waals surface area contributed by atoms with Crippen molar-refractivity contribution >= 4 is 44.3 Å². The van der Waals surface area contributed by atoms with Crippen LogP contribution in [0.2, 0.25) is 0 Å². The minimum absolute atomic E-state index is 0.139. The molecule has 6 nitrogen and oxygen atoms in total. The summed E-state index contributed by atoms with van der Waals surface area (Å²) in [5, 5.41) is 4.32. The molecule has 0 saturated carbocycles. The average Bonchev–Trinajstić information content (AvgIpc) is 2.69. The molecule has 1 atom stereocenters. The van der Waals surface area contributed by atoms with E-state index in [1.807, 2.05) is 51.1 Å². The smallest absolute Gasteiger partial charge is 0.242 e. The average molecular weight is 444 g/mol. The number of nitrogens with zero attached hydrogens (tertiary/aromatic N) is 2. The van der Waals surface area contributed by atoms with Crippen LogP contribution in [0.4, 0.5) is 5.69 Å². The summed E-state index contributed by atoms with van der Waals surface area (Å²) in [4.78, 5) is 17.6. The Morgan fingerprint density at radius 2 is 1.77 bits per heavy atom. The van der Waals surface area contributed by atoms with Crippen LogP contribution < -0.4 is 5.32 Å². The van der Waals surface area contributed by atoms with Crippen LogP contribution in [0.25, 0.3) is 10.9 Å². The van der Waals surface area contributed by atoms with Gasteiger partial charge in [0, 0.05) is 25.2 Å². The molecule has 0 saturated heterocycles. The second-order valence-corrected chi connectivity index (χ2v) is 10.8. The number of rotatable bonds is 6. The summed E-state index contributed by atoms with van der Waals surface area (Å²) >= 11 is 1.37. The summed E-state index contributed by atoms with van der Waals surface area (Å²) in [5.74, 6) is -0.213. The third kappa shape index (κ3) is 4.66. The van der Waals surface area contributed by atoms with Crippen molar-refractivity contribution in [1.29, 1.82) is 0 Å². The van der Waals surface area contributed by atoms with Crippen molar-refractivity contribution in [3.8, 4) is 0 Å². The molecule has 1 heterocycles. The van der Waals surface area contributed by atoms with Crippen LogP contribution in [0.15, 0.2) is 58.5 Å². The van der Waals surface area contributed by atoms with Crippen LogP contribution in [-0.2, 0) is 14.8 Å². The number of fused-ring (bicyclic) bond motifs is 1. The molecule has 1 amide bonds. The van der Waals surface area contributed by atoms with E-state index < -0.39 is 15.3 Å². The zero-order chi connectivity index (χ0) is 22.1. The molecule has 3 rings (SSSR count). The molecule has 0 radical (unpaired) electrons. The molecule has 8 heteroatoms. The van der Waals surface area contributed by atoms with Crippen LogP contribution >= 0.6 is 11.8 Å². The van der Waals surface area contributed by atoms with Gasteiger partial charge < -0.3 is 5.32 Å². The van der Waals surface area contributed by atoms with Crippen molar-refractivity contribution in [3.05, 3.63) is 59.7 Å². The van der Waals surface area contributed by atoms with Gasteiger partial charge in [0.2, 0.25) is 15.9 Å². The fourth-order valence-electron chi connectivity index (χ4n) is 2.95. The molecule has 158 valence electrons. The molecule has 0 bridgehead atoms. The number of aromatic nitrogens is 1. The van der Waals surface area contributed by atoms with Gasteiger partial charge in [0.15, 0.2) is 0 Å². The van der Waals surface area contributed by atoms with Crippen LogP contribution in [0, 0.1) is 13.8 Å². The Morgan fingerprint density at radius 3 is 2.47 bits per heavy atom. The maximum absolute atomic E-state index is 12.8. The molecule has 0 aliphatic rings. The maximum atomic E-state index is 12.8. The van der Waals surface area contributed by atoms with Crippen LogP contribution in [0.1, 0.15) is 18.1 Å². The molecule has 2 aromatic carbocycles. The van der Waals surface area contributed by atoms with Crippen LogP contribution in [-0.4, -0.2) is 43.0 Å². The fraction of sp³-hybridized carbons (Fsp3) is 0.273. The summed E-state index contributed by atoms with van der Waals surface area (Å²) in [6.07, 6.45) is 0. The zero-order valence-electron chi connectivity index (χ0n) is 17.6. The maximum Gasteiger partial charge on any atom is 0.242 e. The van der Waals surface area contributed by atoms with Gasteiger partial charge in [-0.15, -0.1) is 0 Å². The van der Waals surface area contributed by atoms with E-state index in [0.717, 1.165) is 31.4 Å². The van der Waals surface area contributed by atoms with Gasteiger partial charge >= 0.3 is 0 Å². The van der Waals surface area contributed by atoms with Crippen LogP contribution in [0.5, 0.6) is 0 Å². The highest BCUT2D eigenvalue weighted by Crippen LogP contribution is 2.28. The number of sulfonamides is 1. The largest absolute Gasteiger partial charge is 0.325 e. The Bertz CT molecular complexity index is 1210. The van der Waals surface area contributed by atoms with Gasteiger partial charge in [-0.25, -0.2) is 17.7 Å². The molecule has 30 heavy (non-hydrogen) atoms. The number of carbonyl (C=O) groups excluding carboxylic acids is 1. The number of para-hydroxylation sites is 1. The molecule has 0 spiro atoms. The Kier molecular flexibility index (Phi) is 6.50. The summed E-state index contributed by atoms with van der Waals surface area (Å²) in [6, 6.07) is 14.6. The molecular formula is C22H25N3O3S2. The Labute approximate surface area is 181 Å². The normalized spacial score (nSPS) is 12.9. The molecule has 1 aromatic heterocycles. The van der Waals surface area contributed by atoms with Crippen molar-refractivity contribution in [2.45, 2.75) is 35.9 Å². The van der Waals surface area contributed by atoms with E-state index in [9.17, 15) is 13.2 Å². The molecule has 1 unspecified atom stereocenters. The Hall–Kier alpha value is -2.42. The predicted molar refractivity (Wildman–Crippen MR) is 122 cm³/mol. The molecular weight excluding hydrogens is 418 g/mol. The van der Waals surface area contributed by atoms with Crippen molar-refractivity contribution in [2.24, 2.45) is 0 Å². The lowest BCUT2D eigenvalue weighted by molar-refractivity contribution is -0.115. The predicted octanol–water partition coefficient (Wildman–Crippen LogP) is 4.22. The van der Waals surface area contributed by atoms with Gasteiger partial charge in [0.05, 0.1) is 20.7 Å². The SMILES string of the molecule is Cc1ccc(S(=O)(=O)N(C)C)cc1NC(=O)C(C)Sc1cc(C)c2ccccc2n1. The minimum atomic E-state index is -3.58. The first-order valence-electron chi connectivity index (χ1n) is 9.46. The lowest BCUT2D eigenvalue weighted by atomic mass is 10.1. The topological polar surface area (TPSA) is 79.4 Å². The second-order valence-electron chi connectivity index (χ2n) is 7.31. The van der Waals surface area contributed by atoms with Gasteiger partial charge in [-0.05, 0) is 56.2 Å².